The van der Waals surface area contributed by atoms with E-state index >= 15 is 0 Å². The topological polar surface area (TPSA) is 35.2 Å². The van der Waals surface area contributed by atoms with Crippen molar-refractivity contribution < 1.29 is 4.74 Å². The Hall–Kier alpha value is -0.860. The van der Waals surface area contributed by atoms with E-state index in [1.165, 1.54) is 29.5 Å². The Kier molecular flexibility index (Phi) is 5.45. The summed E-state index contributed by atoms with van der Waals surface area (Å²) in [4.78, 5) is 0. The van der Waals surface area contributed by atoms with E-state index in [4.69, 9.17) is 10.5 Å². The lowest BCUT2D eigenvalue weighted by atomic mass is 9.73. The maximum atomic E-state index is 6.64. The third kappa shape index (κ3) is 4.08. The van der Waals surface area contributed by atoms with E-state index in [0.29, 0.717) is 0 Å². The lowest BCUT2D eigenvalue weighted by Gasteiger charge is -2.44. The first kappa shape index (κ1) is 16.5. The summed E-state index contributed by atoms with van der Waals surface area (Å²) in [5.74, 6) is 0.718. The van der Waals surface area contributed by atoms with E-state index in [1.54, 1.807) is 0 Å². The Morgan fingerprint density at radius 1 is 1.29 bits per heavy atom. The molecular weight excluding hydrogens is 258 g/mol. The first-order chi connectivity index (χ1) is 9.95. The monoisotopic (exact) mass is 289 g/mol. The van der Waals surface area contributed by atoms with Crippen LogP contribution in [0.2, 0.25) is 0 Å². The van der Waals surface area contributed by atoms with Gasteiger partial charge in [0.1, 0.15) is 0 Å². The van der Waals surface area contributed by atoms with Crippen LogP contribution in [-0.4, -0.2) is 18.2 Å². The average Bonchev–Trinajstić information content (AvgIpc) is 2.37. The molecule has 21 heavy (non-hydrogen) atoms. The Morgan fingerprint density at radius 2 is 1.95 bits per heavy atom. The Labute approximate surface area is 130 Å². The van der Waals surface area contributed by atoms with Gasteiger partial charge in [0.25, 0.3) is 0 Å². The van der Waals surface area contributed by atoms with E-state index in [0.717, 1.165) is 31.8 Å². The number of benzene rings is 1. The van der Waals surface area contributed by atoms with Crippen molar-refractivity contribution in [2.45, 2.75) is 71.4 Å². The summed E-state index contributed by atoms with van der Waals surface area (Å²) in [6, 6.07) is 6.83. The third-order valence-electron chi connectivity index (χ3n) is 4.84. The molecule has 3 unspecified atom stereocenters. The van der Waals surface area contributed by atoms with E-state index < -0.39 is 0 Å². The van der Waals surface area contributed by atoms with Crippen molar-refractivity contribution in [2.75, 3.05) is 6.61 Å². The van der Waals surface area contributed by atoms with Gasteiger partial charge >= 0.3 is 0 Å². The fraction of sp³-hybridized carbons (Fsp3) is 0.684. The van der Waals surface area contributed by atoms with Gasteiger partial charge in [-0.15, -0.1) is 0 Å². The second kappa shape index (κ2) is 6.93. The van der Waals surface area contributed by atoms with Crippen molar-refractivity contribution >= 4 is 0 Å². The first-order valence-corrected chi connectivity index (χ1v) is 8.42. The molecule has 1 aliphatic rings. The van der Waals surface area contributed by atoms with E-state index in [2.05, 4.69) is 45.9 Å². The normalized spacial score (nSPS) is 27.6. The smallest absolute Gasteiger partial charge is 0.0838 e. The molecule has 1 aliphatic carbocycles. The molecule has 2 nitrogen and oxygen atoms in total. The van der Waals surface area contributed by atoms with Gasteiger partial charge in [-0.2, -0.15) is 0 Å². The Bertz CT molecular complexity index is 446. The Balaban J connectivity index is 2.16. The van der Waals surface area contributed by atoms with Crippen molar-refractivity contribution in [1.82, 2.24) is 0 Å². The maximum absolute atomic E-state index is 6.64. The first-order valence-electron chi connectivity index (χ1n) is 8.42. The summed E-state index contributed by atoms with van der Waals surface area (Å²) in [5.41, 5.74) is 10.5. The minimum Gasteiger partial charge on any atom is -0.374 e. The van der Waals surface area contributed by atoms with Crippen LogP contribution in [0.25, 0.3) is 0 Å². The SMILES string of the molecule is CCOC1(C(N)Cc2cc(C)cc(C)c2)CCCC(C)C1. The number of aryl methyl sites for hydroxylation is 2. The van der Waals surface area contributed by atoms with Crippen molar-refractivity contribution in [3.05, 3.63) is 34.9 Å². The molecule has 1 aromatic carbocycles. The van der Waals surface area contributed by atoms with E-state index in [1.807, 2.05) is 0 Å². The molecule has 3 atom stereocenters. The van der Waals surface area contributed by atoms with Crippen LogP contribution in [0, 0.1) is 19.8 Å². The van der Waals surface area contributed by atoms with Crippen molar-refractivity contribution in [2.24, 2.45) is 11.7 Å². The number of hydrogen-bond donors (Lipinski definition) is 1. The van der Waals surface area contributed by atoms with Crippen LogP contribution in [0.1, 0.15) is 56.2 Å². The predicted molar refractivity (Wildman–Crippen MR) is 89.6 cm³/mol. The van der Waals surface area contributed by atoms with Gasteiger partial charge in [-0.25, -0.2) is 0 Å². The zero-order valence-corrected chi connectivity index (χ0v) is 14.1. The molecular formula is C19H31NO. The average molecular weight is 289 g/mol. The van der Waals surface area contributed by atoms with E-state index in [9.17, 15) is 0 Å². The van der Waals surface area contributed by atoms with Crippen LogP contribution in [-0.2, 0) is 11.2 Å². The molecule has 1 fully saturated rings. The molecule has 0 amide bonds. The van der Waals surface area contributed by atoms with Crippen molar-refractivity contribution in [3.8, 4) is 0 Å². The summed E-state index contributed by atoms with van der Waals surface area (Å²) in [6.45, 7) is 9.49. The quantitative estimate of drug-likeness (QED) is 0.883. The third-order valence-corrected chi connectivity index (χ3v) is 4.84. The van der Waals surface area contributed by atoms with Crippen LogP contribution in [0.4, 0.5) is 0 Å². The Morgan fingerprint density at radius 3 is 2.52 bits per heavy atom. The fourth-order valence-electron chi connectivity index (χ4n) is 4.03. The predicted octanol–water partition coefficient (Wildman–Crippen LogP) is 4.16. The minimum atomic E-state index is -0.121. The van der Waals surface area contributed by atoms with Gasteiger partial charge < -0.3 is 10.5 Å². The van der Waals surface area contributed by atoms with Crippen molar-refractivity contribution in [3.63, 3.8) is 0 Å². The second-order valence-electron chi connectivity index (χ2n) is 7.01. The molecule has 1 aromatic rings. The van der Waals surface area contributed by atoms with Crippen LogP contribution in [0.15, 0.2) is 18.2 Å². The second-order valence-corrected chi connectivity index (χ2v) is 7.01. The molecule has 0 spiro atoms. The molecule has 2 N–H and O–H groups in total. The zero-order valence-electron chi connectivity index (χ0n) is 14.1. The number of rotatable bonds is 5. The van der Waals surface area contributed by atoms with Crippen molar-refractivity contribution in [1.29, 1.82) is 0 Å². The lowest BCUT2D eigenvalue weighted by Crippen LogP contribution is -2.53. The van der Waals surface area contributed by atoms with Gasteiger partial charge in [0.15, 0.2) is 0 Å². The van der Waals surface area contributed by atoms with Gasteiger partial charge in [0.05, 0.1) is 5.60 Å². The molecule has 2 rings (SSSR count). The highest BCUT2D eigenvalue weighted by Gasteiger charge is 2.40. The summed E-state index contributed by atoms with van der Waals surface area (Å²) < 4.78 is 6.21. The number of nitrogens with two attached hydrogens (primary N) is 1. The molecule has 1 saturated carbocycles. The summed E-state index contributed by atoms with van der Waals surface area (Å²) in [5, 5.41) is 0. The van der Waals surface area contributed by atoms with Gasteiger partial charge in [-0.05, 0) is 51.5 Å². The summed E-state index contributed by atoms with van der Waals surface area (Å²) in [6.07, 6.45) is 5.67. The molecule has 0 aromatic heterocycles. The minimum absolute atomic E-state index is 0.0846. The molecule has 0 radical (unpaired) electrons. The van der Waals surface area contributed by atoms with Gasteiger partial charge in [0.2, 0.25) is 0 Å². The molecule has 2 heteroatoms. The molecule has 0 aliphatic heterocycles. The standard InChI is InChI=1S/C19H31NO/c1-5-21-19(8-6-7-14(2)13-19)18(20)12-17-10-15(3)9-16(4)11-17/h9-11,14,18H,5-8,12-13,20H2,1-4H3. The molecule has 0 bridgehead atoms. The van der Waals surface area contributed by atoms with Crippen LogP contribution in [0.3, 0.4) is 0 Å². The summed E-state index contributed by atoms with van der Waals surface area (Å²) in [7, 11) is 0. The summed E-state index contributed by atoms with van der Waals surface area (Å²) >= 11 is 0. The fourth-order valence-corrected chi connectivity index (χ4v) is 4.03. The van der Waals surface area contributed by atoms with Crippen LogP contribution >= 0.6 is 0 Å². The van der Waals surface area contributed by atoms with Crippen LogP contribution in [0.5, 0.6) is 0 Å². The lowest BCUT2D eigenvalue weighted by molar-refractivity contribution is -0.0925. The number of hydrogen-bond acceptors (Lipinski definition) is 2. The van der Waals surface area contributed by atoms with Crippen LogP contribution < -0.4 is 5.73 Å². The largest absolute Gasteiger partial charge is 0.374 e. The van der Waals surface area contributed by atoms with E-state index in [-0.39, 0.29) is 11.6 Å². The molecule has 0 saturated heterocycles. The highest BCUT2D eigenvalue weighted by atomic mass is 16.5. The highest BCUT2D eigenvalue weighted by Crippen LogP contribution is 2.38. The highest BCUT2D eigenvalue weighted by molar-refractivity contribution is 5.29. The molecule has 0 heterocycles. The van der Waals surface area contributed by atoms with Gasteiger partial charge in [0, 0.05) is 12.6 Å². The zero-order chi connectivity index (χ0) is 15.5. The van der Waals surface area contributed by atoms with Gasteiger partial charge in [-0.1, -0.05) is 49.1 Å². The van der Waals surface area contributed by atoms with Gasteiger partial charge in [-0.3, -0.25) is 0 Å². The molecule has 118 valence electrons. The number of ether oxygens (including phenoxy) is 1. The maximum Gasteiger partial charge on any atom is 0.0838 e.